The zero-order valence-electron chi connectivity index (χ0n) is 13.9. The van der Waals surface area contributed by atoms with Crippen molar-refractivity contribution in [3.8, 4) is 0 Å². The third-order valence-corrected chi connectivity index (χ3v) is 5.91. The van der Waals surface area contributed by atoms with Gasteiger partial charge in [0, 0.05) is 31.0 Å². The van der Waals surface area contributed by atoms with Gasteiger partial charge in [0.25, 0.3) is 11.8 Å². The number of rotatable bonds is 4. The fourth-order valence-corrected chi connectivity index (χ4v) is 4.19. The minimum atomic E-state index is -3.61. The van der Waals surface area contributed by atoms with Crippen LogP contribution in [0.25, 0.3) is 0 Å². The molecule has 0 radical (unpaired) electrons. The average Bonchev–Trinajstić information content (AvgIpc) is 3.22. The number of hydrazine groups is 1. The number of hydrogen-bond acceptors (Lipinski definition) is 5. The molecule has 1 fully saturated rings. The van der Waals surface area contributed by atoms with E-state index in [9.17, 15) is 18.0 Å². The second-order valence-electron chi connectivity index (χ2n) is 5.79. The largest absolute Gasteiger partial charge is 0.271 e. The van der Waals surface area contributed by atoms with E-state index in [0.29, 0.717) is 13.1 Å². The number of pyridine rings is 1. The number of nitrogens with zero attached hydrogens (tertiary/aromatic N) is 2. The summed E-state index contributed by atoms with van der Waals surface area (Å²) in [6, 6.07) is 8.90. The van der Waals surface area contributed by atoms with Crippen LogP contribution in [0.5, 0.6) is 0 Å². The lowest BCUT2D eigenvalue weighted by molar-refractivity contribution is 0.0846. The van der Waals surface area contributed by atoms with Crippen LogP contribution in [0.3, 0.4) is 0 Å². The molecule has 2 aromatic rings. The van der Waals surface area contributed by atoms with Gasteiger partial charge in [0.15, 0.2) is 0 Å². The molecule has 1 aliphatic rings. The predicted molar refractivity (Wildman–Crippen MR) is 93.6 cm³/mol. The summed E-state index contributed by atoms with van der Waals surface area (Å²) in [5.41, 5.74) is 4.97. The lowest BCUT2D eigenvalue weighted by Crippen LogP contribution is -2.41. The van der Waals surface area contributed by atoms with Crippen LogP contribution < -0.4 is 10.9 Å². The van der Waals surface area contributed by atoms with Crippen molar-refractivity contribution in [1.82, 2.24) is 20.1 Å². The average molecular weight is 374 g/mol. The molecule has 136 valence electrons. The number of aromatic nitrogens is 1. The molecular weight excluding hydrogens is 356 g/mol. The molecule has 1 aromatic heterocycles. The van der Waals surface area contributed by atoms with Gasteiger partial charge in [0.05, 0.1) is 10.5 Å². The first-order valence-electron chi connectivity index (χ1n) is 8.09. The number of amides is 2. The number of carbonyl (C=O) groups excluding carboxylic acids is 2. The van der Waals surface area contributed by atoms with E-state index >= 15 is 0 Å². The van der Waals surface area contributed by atoms with E-state index in [1.807, 2.05) is 0 Å². The van der Waals surface area contributed by atoms with Crippen LogP contribution in [0, 0.1) is 0 Å². The molecule has 8 nitrogen and oxygen atoms in total. The van der Waals surface area contributed by atoms with Crippen molar-refractivity contribution in [1.29, 1.82) is 0 Å². The molecule has 0 aliphatic carbocycles. The molecule has 1 aromatic carbocycles. The van der Waals surface area contributed by atoms with Gasteiger partial charge in [-0.25, -0.2) is 8.42 Å². The monoisotopic (exact) mass is 374 g/mol. The Balaban J connectivity index is 1.69. The highest BCUT2D eigenvalue weighted by molar-refractivity contribution is 7.89. The molecule has 1 saturated heterocycles. The Hall–Kier alpha value is -2.78. The van der Waals surface area contributed by atoms with Gasteiger partial charge in [0.2, 0.25) is 10.0 Å². The van der Waals surface area contributed by atoms with Gasteiger partial charge in [-0.2, -0.15) is 4.31 Å². The first kappa shape index (κ1) is 18.0. The van der Waals surface area contributed by atoms with E-state index in [0.717, 1.165) is 12.8 Å². The maximum atomic E-state index is 12.6. The van der Waals surface area contributed by atoms with Crippen LogP contribution >= 0.6 is 0 Å². The van der Waals surface area contributed by atoms with Crippen LogP contribution in [0.1, 0.15) is 33.6 Å². The molecular formula is C17H18N4O4S. The van der Waals surface area contributed by atoms with Crippen molar-refractivity contribution in [3.63, 3.8) is 0 Å². The van der Waals surface area contributed by atoms with Crippen LogP contribution in [-0.2, 0) is 10.0 Å². The summed E-state index contributed by atoms with van der Waals surface area (Å²) in [4.78, 5) is 28.0. The summed E-state index contributed by atoms with van der Waals surface area (Å²) in [6.45, 7) is 0.972. The van der Waals surface area contributed by atoms with Crippen molar-refractivity contribution >= 4 is 21.8 Å². The van der Waals surface area contributed by atoms with E-state index in [-0.39, 0.29) is 16.0 Å². The predicted octanol–water partition coefficient (Wildman–Crippen LogP) is 0.941. The molecule has 2 amide bonds. The third kappa shape index (κ3) is 3.89. The Morgan fingerprint density at radius 1 is 0.962 bits per heavy atom. The minimum Gasteiger partial charge on any atom is -0.267 e. The lowest BCUT2D eigenvalue weighted by Gasteiger charge is -2.16. The summed E-state index contributed by atoms with van der Waals surface area (Å²) < 4.78 is 26.6. The highest BCUT2D eigenvalue weighted by atomic mass is 32.2. The molecule has 0 atom stereocenters. The standard InChI is InChI=1S/C17H18N4O4S/c22-16(19-20-17(23)14-6-4-8-18-12-14)13-5-3-7-15(11-13)26(24,25)21-9-1-2-10-21/h3-8,11-12H,1-2,9-10H2,(H,19,22)(H,20,23). The summed E-state index contributed by atoms with van der Waals surface area (Å²) in [7, 11) is -3.61. The second kappa shape index (κ2) is 7.63. The smallest absolute Gasteiger partial charge is 0.267 e. The zero-order chi connectivity index (χ0) is 18.6. The first-order valence-corrected chi connectivity index (χ1v) is 9.53. The van der Waals surface area contributed by atoms with Crippen molar-refractivity contribution in [3.05, 3.63) is 59.9 Å². The highest BCUT2D eigenvalue weighted by Gasteiger charge is 2.27. The summed E-state index contributed by atoms with van der Waals surface area (Å²) >= 11 is 0. The number of benzene rings is 1. The molecule has 26 heavy (non-hydrogen) atoms. The molecule has 0 spiro atoms. The van der Waals surface area contributed by atoms with E-state index in [4.69, 9.17) is 0 Å². The number of carbonyl (C=O) groups is 2. The first-order chi connectivity index (χ1) is 12.5. The Morgan fingerprint density at radius 3 is 2.27 bits per heavy atom. The van der Waals surface area contributed by atoms with Crippen LogP contribution in [0.4, 0.5) is 0 Å². The summed E-state index contributed by atoms with van der Waals surface area (Å²) in [6.07, 6.45) is 4.56. The van der Waals surface area contributed by atoms with Gasteiger partial charge in [-0.15, -0.1) is 0 Å². The molecule has 1 aliphatic heterocycles. The topological polar surface area (TPSA) is 108 Å². The Kier molecular flexibility index (Phi) is 5.29. The molecule has 0 bridgehead atoms. The van der Waals surface area contributed by atoms with Gasteiger partial charge in [0.1, 0.15) is 0 Å². The zero-order valence-corrected chi connectivity index (χ0v) is 14.7. The maximum absolute atomic E-state index is 12.6. The Morgan fingerprint density at radius 2 is 1.62 bits per heavy atom. The number of sulfonamides is 1. The van der Waals surface area contributed by atoms with Crippen molar-refractivity contribution < 1.29 is 18.0 Å². The second-order valence-corrected chi connectivity index (χ2v) is 7.73. The molecule has 0 unspecified atom stereocenters. The molecule has 2 N–H and O–H groups in total. The quantitative estimate of drug-likeness (QED) is 0.775. The fourth-order valence-electron chi connectivity index (χ4n) is 2.63. The van der Waals surface area contributed by atoms with Crippen molar-refractivity contribution in [2.75, 3.05) is 13.1 Å². The molecule has 3 rings (SSSR count). The number of nitrogens with one attached hydrogen (secondary N) is 2. The van der Waals surface area contributed by atoms with E-state index in [2.05, 4.69) is 15.8 Å². The summed E-state index contributed by atoms with van der Waals surface area (Å²) in [5, 5.41) is 0. The van der Waals surface area contributed by atoms with Gasteiger partial charge < -0.3 is 0 Å². The fraction of sp³-hybridized carbons (Fsp3) is 0.235. The van der Waals surface area contributed by atoms with Gasteiger partial charge in [-0.05, 0) is 43.2 Å². The molecule has 9 heteroatoms. The van der Waals surface area contributed by atoms with Gasteiger partial charge in [-0.3, -0.25) is 25.4 Å². The molecule has 2 heterocycles. The minimum absolute atomic E-state index is 0.0608. The Labute approximate surface area is 151 Å². The van der Waals surface area contributed by atoms with E-state index in [1.165, 1.54) is 41.0 Å². The Bertz CT molecular complexity index is 909. The maximum Gasteiger partial charge on any atom is 0.271 e. The van der Waals surface area contributed by atoms with Crippen LogP contribution in [0.2, 0.25) is 0 Å². The van der Waals surface area contributed by atoms with Gasteiger partial charge >= 0.3 is 0 Å². The normalized spacial score (nSPS) is 14.8. The van der Waals surface area contributed by atoms with E-state index < -0.39 is 21.8 Å². The highest BCUT2D eigenvalue weighted by Crippen LogP contribution is 2.21. The van der Waals surface area contributed by atoms with Crippen LogP contribution in [-0.4, -0.2) is 42.6 Å². The van der Waals surface area contributed by atoms with Crippen molar-refractivity contribution in [2.24, 2.45) is 0 Å². The van der Waals surface area contributed by atoms with Crippen molar-refractivity contribution in [2.45, 2.75) is 17.7 Å². The SMILES string of the molecule is O=C(NNC(=O)c1cccc(S(=O)(=O)N2CCCC2)c1)c1cccnc1. The lowest BCUT2D eigenvalue weighted by atomic mass is 10.2. The third-order valence-electron chi connectivity index (χ3n) is 4.01. The number of hydrogen-bond donors (Lipinski definition) is 2. The van der Waals surface area contributed by atoms with Crippen LogP contribution in [0.15, 0.2) is 53.7 Å². The summed E-state index contributed by atoms with van der Waals surface area (Å²) in [5.74, 6) is -1.13. The molecule has 0 saturated carbocycles. The van der Waals surface area contributed by atoms with Gasteiger partial charge in [-0.1, -0.05) is 6.07 Å². The van der Waals surface area contributed by atoms with E-state index in [1.54, 1.807) is 12.1 Å².